The normalized spacial score (nSPS) is 11.3. The van der Waals surface area contributed by atoms with Crippen LogP contribution in [-0.2, 0) is 12.6 Å². The minimum absolute atomic E-state index is 0.0388. The standard InChI is InChI=1S/C12H6F4N2S/c13-10-2-1-7(12(14,15)16)5-9(10)11-18-8(3-4-17)6-19-11/h1-2,5-6H,3H2. The molecule has 19 heavy (non-hydrogen) atoms. The SMILES string of the molecule is N#CCc1csc(-c2cc(C(F)(F)F)ccc2F)n1. The fourth-order valence-electron chi connectivity index (χ4n) is 1.46. The largest absolute Gasteiger partial charge is 0.416 e. The van der Waals surface area contributed by atoms with Crippen molar-refractivity contribution in [1.29, 1.82) is 5.26 Å². The Hall–Kier alpha value is -1.94. The zero-order valence-corrected chi connectivity index (χ0v) is 10.1. The van der Waals surface area contributed by atoms with Crippen LogP contribution in [0.4, 0.5) is 17.6 Å². The highest BCUT2D eigenvalue weighted by atomic mass is 32.1. The lowest BCUT2D eigenvalue weighted by Crippen LogP contribution is -2.05. The molecule has 0 amide bonds. The summed E-state index contributed by atoms with van der Waals surface area (Å²) in [6, 6.07) is 4.05. The van der Waals surface area contributed by atoms with Gasteiger partial charge in [-0.2, -0.15) is 18.4 Å². The predicted octanol–water partition coefficient (Wildman–Crippen LogP) is 4.03. The molecule has 2 aromatic rings. The van der Waals surface area contributed by atoms with Crippen molar-refractivity contribution in [2.75, 3.05) is 0 Å². The fourth-order valence-corrected chi connectivity index (χ4v) is 2.30. The maximum absolute atomic E-state index is 13.6. The van der Waals surface area contributed by atoms with E-state index in [9.17, 15) is 17.6 Å². The van der Waals surface area contributed by atoms with Gasteiger partial charge in [-0.3, -0.25) is 0 Å². The van der Waals surface area contributed by atoms with E-state index in [1.54, 1.807) is 0 Å². The molecule has 0 saturated carbocycles. The van der Waals surface area contributed by atoms with Gasteiger partial charge in [0.1, 0.15) is 10.8 Å². The number of hydrogen-bond acceptors (Lipinski definition) is 3. The van der Waals surface area contributed by atoms with E-state index < -0.39 is 17.6 Å². The number of nitriles is 1. The van der Waals surface area contributed by atoms with Crippen LogP contribution in [0.15, 0.2) is 23.6 Å². The van der Waals surface area contributed by atoms with E-state index in [4.69, 9.17) is 5.26 Å². The molecule has 1 aromatic carbocycles. The molecule has 1 aromatic heterocycles. The average molecular weight is 286 g/mol. The smallest absolute Gasteiger partial charge is 0.240 e. The van der Waals surface area contributed by atoms with Crippen LogP contribution in [0.25, 0.3) is 10.6 Å². The first-order chi connectivity index (χ1) is 8.91. The zero-order valence-electron chi connectivity index (χ0n) is 9.33. The van der Waals surface area contributed by atoms with Crippen LogP contribution < -0.4 is 0 Å². The molecule has 0 fully saturated rings. The zero-order chi connectivity index (χ0) is 14.0. The van der Waals surface area contributed by atoms with Gasteiger partial charge in [0.25, 0.3) is 0 Å². The van der Waals surface area contributed by atoms with E-state index >= 15 is 0 Å². The van der Waals surface area contributed by atoms with Crippen molar-refractivity contribution in [1.82, 2.24) is 4.98 Å². The molecule has 1 heterocycles. The lowest BCUT2D eigenvalue weighted by atomic mass is 10.1. The van der Waals surface area contributed by atoms with Crippen LogP contribution in [0.2, 0.25) is 0 Å². The summed E-state index contributed by atoms with van der Waals surface area (Å²) in [5.74, 6) is -0.772. The topological polar surface area (TPSA) is 36.7 Å². The molecule has 0 saturated heterocycles. The van der Waals surface area contributed by atoms with Gasteiger partial charge in [0.2, 0.25) is 0 Å². The molecule has 0 atom stereocenters. The summed E-state index contributed by atoms with van der Waals surface area (Å²) in [5.41, 5.74) is -0.718. The molecule has 2 nitrogen and oxygen atoms in total. The minimum atomic E-state index is -4.53. The van der Waals surface area contributed by atoms with Crippen molar-refractivity contribution in [3.8, 4) is 16.6 Å². The number of thiazole rings is 1. The van der Waals surface area contributed by atoms with Crippen molar-refractivity contribution in [2.24, 2.45) is 0 Å². The first-order valence-corrected chi connectivity index (χ1v) is 5.98. The second kappa shape index (κ2) is 4.97. The molecule has 2 rings (SSSR count). The molecule has 0 spiro atoms. The Kier molecular flexibility index (Phi) is 3.53. The van der Waals surface area contributed by atoms with Crippen molar-refractivity contribution in [2.45, 2.75) is 12.6 Å². The third-order valence-electron chi connectivity index (χ3n) is 2.34. The molecule has 0 aliphatic rings. The summed E-state index contributed by atoms with van der Waals surface area (Å²) in [5, 5.41) is 10.2. The average Bonchev–Trinajstić information content (AvgIpc) is 2.77. The number of hydrogen-bond donors (Lipinski definition) is 0. The van der Waals surface area contributed by atoms with Crippen LogP contribution in [0.3, 0.4) is 0 Å². The molecular formula is C12H6F4N2S. The highest BCUT2D eigenvalue weighted by Gasteiger charge is 2.31. The van der Waals surface area contributed by atoms with Gasteiger partial charge < -0.3 is 0 Å². The third-order valence-corrected chi connectivity index (χ3v) is 3.26. The lowest BCUT2D eigenvalue weighted by Gasteiger charge is -2.08. The Morgan fingerprint density at radius 1 is 1.32 bits per heavy atom. The van der Waals surface area contributed by atoms with E-state index in [0.29, 0.717) is 11.8 Å². The molecule has 0 bridgehead atoms. The van der Waals surface area contributed by atoms with Gasteiger partial charge in [0.05, 0.1) is 23.7 Å². The maximum Gasteiger partial charge on any atom is 0.416 e. The van der Waals surface area contributed by atoms with Crippen LogP contribution in [0.1, 0.15) is 11.3 Å². The van der Waals surface area contributed by atoms with Gasteiger partial charge in [-0.05, 0) is 18.2 Å². The first kappa shape index (κ1) is 13.5. The summed E-state index contributed by atoms with van der Waals surface area (Å²) in [6.07, 6.45) is -4.49. The minimum Gasteiger partial charge on any atom is -0.240 e. The Morgan fingerprint density at radius 3 is 2.68 bits per heavy atom. The molecule has 7 heteroatoms. The van der Waals surface area contributed by atoms with Gasteiger partial charge in [-0.15, -0.1) is 11.3 Å². The monoisotopic (exact) mass is 286 g/mol. The summed E-state index contributed by atoms with van der Waals surface area (Å²) in [6.45, 7) is 0. The Bertz CT molecular complexity index is 640. The Balaban J connectivity index is 2.46. The van der Waals surface area contributed by atoms with Gasteiger partial charge in [-0.1, -0.05) is 0 Å². The second-order valence-electron chi connectivity index (χ2n) is 3.67. The van der Waals surface area contributed by atoms with E-state index in [0.717, 1.165) is 23.5 Å². The predicted molar refractivity (Wildman–Crippen MR) is 61.8 cm³/mol. The summed E-state index contributed by atoms with van der Waals surface area (Å²) < 4.78 is 51.2. The Labute approximate surface area is 109 Å². The number of benzene rings is 1. The third kappa shape index (κ3) is 2.90. The molecule has 0 unspecified atom stereocenters. The molecule has 0 aliphatic carbocycles. The second-order valence-corrected chi connectivity index (χ2v) is 4.53. The van der Waals surface area contributed by atoms with Crippen molar-refractivity contribution in [3.63, 3.8) is 0 Å². The van der Waals surface area contributed by atoms with Crippen LogP contribution >= 0.6 is 11.3 Å². The van der Waals surface area contributed by atoms with E-state index in [-0.39, 0.29) is 17.0 Å². The number of aromatic nitrogens is 1. The number of alkyl halides is 3. The summed E-state index contributed by atoms with van der Waals surface area (Å²) >= 11 is 1.01. The van der Waals surface area contributed by atoms with Gasteiger partial charge >= 0.3 is 6.18 Å². The van der Waals surface area contributed by atoms with Crippen molar-refractivity contribution >= 4 is 11.3 Å². The molecule has 0 aliphatic heterocycles. The van der Waals surface area contributed by atoms with Gasteiger partial charge in [0, 0.05) is 10.9 Å². The molecule has 0 radical (unpaired) electrons. The molecule has 98 valence electrons. The van der Waals surface area contributed by atoms with E-state index in [2.05, 4.69) is 4.98 Å². The molecule has 0 N–H and O–H groups in total. The first-order valence-electron chi connectivity index (χ1n) is 5.10. The number of nitrogens with zero attached hydrogens (tertiary/aromatic N) is 2. The highest BCUT2D eigenvalue weighted by molar-refractivity contribution is 7.13. The summed E-state index contributed by atoms with van der Waals surface area (Å²) in [4.78, 5) is 3.94. The van der Waals surface area contributed by atoms with Crippen molar-refractivity contribution in [3.05, 3.63) is 40.7 Å². The van der Waals surface area contributed by atoms with Crippen LogP contribution in [0, 0.1) is 17.1 Å². The quantitative estimate of drug-likeness (QED) is 0.781. The van der Waals surface area contributed by atoms with E-state index in [1.165, 1.54) is 5.38 Å². The Morgan fingerprint density at radius 2 is 2.05 bits per heavy atom. The van der Waals surface area contributed by atoms with E-state index in [1.807, 2.05) is 6.07 Å². The highest BCUT2D eigenvalue weighted by Crippen LogP contribution is 2.34. The van der Waals surface area contributed by atoms with Gasteiger partial charge in [0.15, 0.2) is 0 Å². The number of rotatable bonds is 2. The van der Waals surface area contributed by atoms with Crippen LogP contribution in [0.5, 0.6) is 0 Å². The van der Waals surface area contributed by atoms with Crippen molar-refractivity contribution < 1.29 is 17.6 Å². The number of halogens is 4. The fraction of sp³-hybridized carbons (Fsp3) is 0.167. The summed E-state index contributed by atoms with van der Waals surface area (Å²) in [7, 11) is 0. The lowest BCUT2D eigenvalue weighted by molar-refractivity contribution is -0.137. The van der Waals surface area contributed by atoms with Gasteiger partial charge in [-0.25, -0.2) is 9.37 Å². The maximum atomic E-state index is 13.6. The van der Waals surface area contributed by atoms with Crippen LogP contribution in [-0.4, -0.2) is 4.98 Å². The molecular weight excluding hydrogens is 280 g/mol.